The van der Waals surface area contributed by atoms with Gasteiger partial charge in [0.05, 0.1) is 16.6 Å². The van der Waals surface area contributed by atoms with Crippen LogP contribution < -0.4 is 5.73 Å². The Bertz CT molecular complexity index is 458. The molecule has 0 aliphatic carbocycles. The zero-order valence-corrected chi connectivity index (χ0v) is 9.81. The van der Waals surface area contributed by atoms with Crippen LogP contribution in [0.1, 0.15) is 17.2 Å². The first-order chi connectivity index (χ1) is 8.46. The van der Waals surface area contributed by atoms with Crippen LogP contribution in [0.2, 0.25) is 5.02 Å². The second kappa shape index (κ2) is 5.18. The quantitative estimate of drug-likeness (QED) is 0.824. The topological polar surface area (TPSA) is 46.2 Å². The molecule has 0 bridgehead atoms. The second-order valence-electron chi connectivity index (χ2n) is 3.72. The van der Waals surface area contributed by atoms with Gasteiger partial charge in [0.25, 0.3) is 0 Å². The van der Waals surface area contributed by atoms with E-state index in [2.05, 4.69) is 0 Å². The fourth-order valence-corrected chi connectivity index (χ4v) is 1.76. The van der Waals surface area contributed by atoms with Gasteiger partial charge in [-0.15, -0.1) is 0 Å². The summed E-state index contributed by atoms with van der Waals surface area (Å²) in [6, 6.07) is 0.276. The SMILES string of the molecule is N[C@H](c1cccc(C(F)(F)F)c1Cl)[C@@H](O)C(F)(F)F. The molecular formula is C10H8ClF6NO. The lowest BCUT2D eigenvalue weighted by molar-refractivity contribution is -0.210. The lowest BCUT2D eigenvalue weighted by Gasteiger charge is -2.23. The molecule has 0 spiro atoms. The Labute approximate surface area is 108 Å². The summed E-state index contributed by atoms with van der Waals surface area (Å²) in [5.41, 5.74) is 3.18. The second-order valence-corrected chi connectivity index (χ2v) is 4.10. The van der Waals surface area contributed by atoms with Gasteiger partial charge in [-0.05, 0) is 11.6 Å². The van der Waals surface area contributed by atoms with Crippen LogP contribution in [-0.4, -0.2) is 17.4 Å². The van der Waals surface area contributed by atoms with Gasteiger partial charge in [-0.25, -0.2) is 0 Å². The van der Waals surface area contributed by atoms with Crippen molar-refractivity contribution in [2.45, 2.75) is 24.5 Å². The Morgan fingerprint density at radius 3 is 2.05 bits per heavy atom. The predicted molar refractivity (Wildman–Crippen MR) is 55.4 cm³/mol. The maximum atomic E-state index is 12.5. The molecular weight excluding hydrogens is 300 g/mol. The van der Waals surface area contributed by atoms with Crippen molar-refractivity contribution in [2.24, 2.45) is 5.73 Å². The van der Waals surface area contributed by atoms with Gasteiger partial charge in [0.1, 0.15) is 0 Å². The van der Waals surface area contributed by atoms with E-state index in [0.29, 0.717) is 6.07 Å². The van der Waals surface area contributed by atoms with E-state index in [-0.39, 0.29) is 0 Å². The third-order valence-electron chi connectivity index (χ3n) is 2.37. The third kappa shape index (κ3) is 3.52. The van der Waals surface area contributed by atoms with Gasteiger partial charge in [0.2, 0.25) is 0 Å². The zero-order valence-electron chi connectivity index (χ0n) is 9.06. The highest BCUT2D eigenvalue weighted by Gasteiger charge is 2.44. The largest absolute Gasteiger partial charge is 0.417 e. The molecule has 108 valence electrons. The van der Waals surface area contributed by atoms with Crippen LogP contribution in [0, 0.1) is 0 Å². The average Bonchev–Trinajstić information content (AvgIpc) is 2.24. The molecule has 1 rings (SSSR count). The van der Waals surface area contributed by atoms with Crippen molar-refractivity contribution in [3.8, 4) is 0 Å². The van der Waals surface area contributed by atoms with Gasteiger partial charge in [0.15, 0.2) is 6.10 Å². The molecule has 0 saturated carbocycles. The summed E-state index contributed by atoms with van der Waals surface area (Å²) in [4.78, 5) is 0. The highest BCUT2D eigenvalue weighted by Crippen LogP contribution is 2.39. The summed E-state index contributed by atoms with van der Waals surface area (Å²) in [5, 5.41) is 7.98. The van der Waals surface area contributed by atoms with Gasteiger partial charge in [0, 0.05) is 0 Å². The number of alkyl halides is 6. The molecule has 0 fully saturated rings. The number of hydrogen-bond donors (Lipinski definition) is 2. The van der Waals surface area contributed by atoms with E-state index in [0.717, 1.165) is 12.1 Å². The minimum absolute atomic E-state index is 0.610. The number of aliphatic hydroxyl groups excluding tert-OH is 1. The Kier molecular flexibility index (Phi) is 4.38. The number of benzene rings is 1. The lowest BCUT2D eigenvalue weighted by atomic mass is 9.99. The standard InChI is InChI=1S/C10H8ClF6NO/c11-6-4(7(18)8(19)10(15,16)17)2-1-3-5(6)9(12,13)14/h1-3,7-8,19H,18H2/t7-,8-/m1/s1. The van der Waals surface area contributed by atoms with E-state index in [4.69, 9.17) is 22.4 Å². The normalized spacial score (nSPS) is 16.3. The minimum atomic E-state index is -5.06. The van der Waals surface area contributed by atoms with E-state index >= 15 is 0 Å². The summed E-state index contributed by atoms with van der Waals surface area (Å²) < 4.78 is 74.3. The van der Waals surface area contributed by atoms with Crippen molar-refractivity contribution in [1.82, 2.24) is 0 Å². The first-order valence-corrected chi connectivity index (χ1v) is 5.20. The van der Waals surface area contributed by atoms with Crippen LogP contribution in [0.3, 0.4) is 0 Å². The molecule has 3 N–H and O–H groups in total. The molecule has 2 atom stereocenters. The average molecular weight is 308 g/mol. The van der Waals surface area contributed by atoms with Crippen LogP contribution >= 0.6 is 11.6 Å². The molecule has 0 aliphatic heterocycles. The van der Waals surface area contributed by atoms with Crippen molar-refractivity contribution in [3.63, 3.8) is 0 Å². The molecule has 0 aromatic heterocycles. The van der Waals surface area contributed by atoms with E-state index in [1.54, 1.807) is 0 Å². The summed E-state index contributed by atoms with van der Waals surface area (Å²) >= 11 is 5.40. The Balaban J connectivity index is 3.23. The van der Waals surface area contributed by atoms with Crippen molar-refractivity contribution < 1.29 is 31.4 Å². The maximum Gasteiger partial charge on any atom is 0.417 e. The lowest BCUT2D eigenvalue weighted by Crippen LogP contribution is -2.39. The van der Waals surface area contributed by atoms with Crippen LogP contribution in [-0.2, 0) is 6.18 Å². The van der Waals surface area contributed by atoms with E-state index in [9.17, 15) is 26.3 Å². The van der Waals surface area contributed by atoms with Gasteiger partial charge in [-0.3, -0.25) is 0 Å². The molecule has 0 unspecified atom stereocenters. The van der Waals surface area contributed by atoms with Gasteiger partial charge >= 0.3 is 12.4 Å². The number of aliphatic hydroxyl groups is 1. The van der Waals surface area contributed by atoms with E-state index in [1.807, 2.05) is 0 Å². The van der Waals surface area contributed by atoms with E-state index < -0.39 is 40.6 Å². The minimum Gasteiger partial charge on any atom is -0.382 e. The number of hydrogen-bond acceptors (Lipinski definition) is 2. The van der Waals surface area contributed by atoms with Crippen LogP contribution in [0.15, 0.2) is 18.2 Å². The molecule has 19 heavy (non-hydrogen) atoms. The van der Waals surface area contributed by atoms with Crippen LogP contribution in [0.4, 0.5) is 26.3 Å². The van der Waals surface area contributed by atoms with Crippen LogP contribution in [0.5, 0.6) is 0 Å². The van der Waals surface area contributed by atoms with Gasteiger partial charge in [-0.1, -0.05) is 23.7 Å². The summed E-state index contributed by atoms with van der Waals surface area (Å²) in [6.45, 7) is 0. The summed E-state index contributed by atoms with van der Waals surface area (Å²) in [6.07, 6.45) is -12.9. The Hall–Kier alpha value is -0.990. The molecule has 1 aromatic rings. The highest BCUT2D eigenvalue weighted by atomic mass is 35.5. The number of rotatable bonds is 2. The molecule has 2 nitrogen and oxygen atoms in total. The van der Waals surface area contributed by atoms with Crippen molar-refractivity contribution in [1.29, 1.82) is 0 Å². The van der Waals surface area contributed by atoms with Crippen molar-refractivity contribution >= 4 is 11.6 Å². The first-order valence-electron chi connectivity index (χ1n) is 4.82. The first kappa shape index (κ1) is 16.1. The van der Waals surface area contributed by atoms with Crippen molar-refractivity contribution in [2.75, 3.05) is 0 Å². The van der Waals surface area contributed by atoms with E-state index in [1.165, 1.54) is 0 Å². The molecule has 0 amide bonds. The number of halogens is 7. The highest BCUT2D eigenvalue weighted by molar-refractivity contribution is 6.32. The van der Waals surface area contributed by atoms with Crippen LogP contribution in [0.25, 0.3) is 0 Å². The molecule has 9 heteroatoms. The molecule has 0 heterocycles. The third-order valence-corrected chi connectivity index (χ3v) is 2.79. The zero-order chi connectivity index (χ0) is 15.0. The van der Waals surface area contributed by atoms with Gasteiger partial charge < -0.3 is 10.8 Å². The fraction of sp³-hybridized carbons (Fsp3) is 0.400. The van der Waals surface area contributed by atoms with Gasteiger partial charge in [-0.2, -0.15) is 26.3 Å². The Morgan fingerprint density at radius 1 is 1.11 bits per heavy atom. The maximum absolute atomic E-state index is 12.5. The molecule has 0 aliphatic rings. The fourth-order valence-electron chi connectivity index (χ4n) is 1.40. The predicted octanol–water partition coefficient (Wildman–Crippen LogP) is 3.28. The molecule has 0 radical (unpaired) electrons. The monoisotopic (exact) mass is 307 g/mol. The molecule has 0 saturated heterocycles. The summed E-state index contributed by atoms with van der Waals surface area (Å²) in [7, 11) is 0. The summed E-state index contributed by atoms with van der Waals surface area (Å²) in [5.74, 6) is 0. The Morgan fingerprint density at radius 2 is 1.63 bits per heavy atom. The number of nitrogens with two attached hydrogens (primary N) is 1. The molecule has 1 aromatic carbocycles. The smallest absolute Gasteiger partial charge is 0.382 e. The van der Waals surface area contributed by atoms with Crippen molar-refractivity contribution in [3.05, 3.63) is 34.3 Å².